The molecule has 0 bridgehead atoms. The highest BCUT2D eigenvalue weighted by Crippen LogP contribution is 2.25. The quantitative estimate of drug-likeness (QED) is 0.268. The smallest absolute Gasteiger partial charge is 0.244 e. The first-order valence-electron chi connectivity index (χ1n) is 12.5. The van der Waals surface area contributed by atoms with Crippen LogP contribution in [-0.2, 0) is 20.9 Å². The molecule has 1 unspecified atom stereocenters. The van der Waals surface area contributed by atoms with E-state index < -0.39 is 11.8 Å². The molecule has 3 N–H and O–H groups in total. The van der Waals surface area contributed by atoms with Crippen LogP contribution in [0.2, 0.25) is 0 Å². The van der Waals surface area contributed by atoms with E-state index in [2.05, 4.69) is 18.3 Å². The van der Waals surface area contributed by atoms with Crippen LogP contribution in [0.3, 0.4) is 0 Å². The van der Waals surface area contributed by atoms with E-state index in [-0.39, 0.29) is 30.7 Å². The first-order chi connectivity index (χ1) is 17.3. The van der Waals surface area contributed by atoms with E-state index in [1.54, 1.807) is 17.5 Å². The fraction of sp³-hybridized carbons (Fsp3) is 0.464. The van der Waals surface area contributed by atoms with Gasteiger partial charge < -0.3 is 15.0 Å². The molecule has 0 radical (unpaired) electrons. The number of carbonyl (C=O) groups is 3. The highest BCUT2D eigenvalue weighted by molar-refractivity contribution is 5.88. The average molecular weight is 498 g/mol. The van der Waals surface area contributed by atoms with Crippen LogP contribution in [-0.4, -0.2) is 48.0 Å². The molecule has 8 nitrogen and oxygen atoms in total. The minimum absolute atomic E-state index is 0.134. The summed E-state index contributed by atoms with van der Waals surface area (Å²) in [6.07, 6.45) is 2.13. The number of nitrogens with one attached hydrogen (secondary N) is 2. The lowest BCUT2D eigenvalue weighted by molar-refractivity contribution is -0.137. The van der Waals surface area contributed by atoms with Gasteiger partial charge in [-0.25, -0.2) is 5.48 Å². The fourth-order valence-corrected chi connectivity index (χ4v) is 4.05. The molecule has 2 aromatic carbocycles. The summed E-state index contributed by atoms with van der Waals surface area (Å²) in [7, 11) is 1.64. The van der Waals surface area contributed by atoms with E-state index in [4.69, 9.17) is 9.94 Å². The van der Waals surface area contributed by atoms with E-state index in [9.17, 15) is 14.4 Å². The third-order valence-electron chi connectivity index (χ3n) is 5.93. The molecule has 196 valence electrons. The number of hydroxylamine groups is 1. The Labute approximate surface area is 214 Å². The van der Waals surface area contributed by atoms with Gasteiger partial charge >= 0.3 is 0 Å². The molecule has 0 saturated carbocycles. The molecule has 0 aliphatic heterocycles. The van der Waals surface area contributed by atoms with Gasteiger partial charge in [0.1, 0.15) is 5.75 Å². The number of hydrogen-bond acceptors (Lipinski definition) is 5. The van der Waals surface area contributed by atoms with E-state index >= 15 is 0 Å². The van der Waals surface area contributed by atoms with E-state index in [1.807, 2.05) is 56.3 Å². The molecule has 0 fully saturated rings. The van der Waals surface area contributed by atoms with Gasteiger partial charge in [-0.2, -0.15) is 0 Å². The van der Waals surface area contributed by atoms with Crippen molar-refractivity contribution < 1.29 is 24.3 Å². The number of amides is 3. The molecule has 1 atom stereocenters. The maximum Gasteiger partial charge on any atom is 0.244 e. The van der Waals surface area contributed by atoms with Crippen molar-refractivity contribution >= 4 is 17.7 Å². The van der Waals surface area contributed by atoms with Gasteiger partial charge in [0, 0.05) is 25.4 Å². The molecule has 0 aliphatic rings. The molecule has 0 aromatic heterocycles. The number of methoxy groups -OCH3 is 1. The second-order valence-electron chi connectivity index (χ2n) is 9.38. The summed E-state index contributed by atoms with van der Waals surface area (Å²) < 4.78 is 5.34. The molecular weight excluding hydrogens is 458 g/mol. The minimum atomic E-state index is -0.623. The van der Waals surface area contributed by atoms with Crippen molar-refractivity contribution in [3.63, 3.8) is 0 Å². The van der Waals surface area contributed by atoms with Gasteiger partial charge in [0.05, 0.1) is 13.7 Å². The number of rotatable bonds is 14. The lowest BCUT2D eigenvalue weighted by atomic mass is 9.93. The minimum Gasteiger partial charge on any atom is -0.497 e. The largest absolute Gasteiger partial charge is 0.497 e. The van der Waals surface area contributed by atoms with Crippen molar-refractivity contribution in [1.82, 2.24) is 15.7 Å². The summed E-state index contributed by atoms with van der Waals surface area (Å²) in [6.45, 7) is 6.83. The summed E-state index contributed by atoms with van der Waals surface area (Å²) in [5.41, 5.74) is 4.62. The Hall–Kier alpha value is -3.39. The summed E-state index contributed by atoms with van der Waals surface area (Å²) >= 11 is 0. The van der Waals surface area contributed by atoms with Gasteiger partial charge in [-0.15, -0.1) is 0 Å². The average Bonchev–Trinajstić information content (AvgIpc) is 2.88. The van der Waals surface area contributed by atoms with Crippen molar-refractivity contribution in [1.29, 1.82) is 0 Å². The molecule has 2 rings (SSSR count). The maximum atomic E-state index is 13.1. The van der Waals surface area contributed by atoms with Crippen LogP contribution in [0.15, 0.2) is 48.5 Å². The number of carbonyl (C=O) groups excluding carboxylic acids is 3. The predicted octanol–water partition coefficient (Wildman–Crippen LogP) is 4.16. The molecule has 0 saturated heterocycles. The van der Waals surface area contributed by atoms with Crippen LogP contribution in [0.25, 0.3) is 11.1 Å². The predicted molar refractivity (Wildman–Crippen MR) is 139 cm³/mol. The fourth-order valence-electron chi connectivity index (χ4n) is 4.05. The molecule has 3 amide bonds. The Morgan fingerprint density at radius 2 is 1.75 bits per heavy atom. The monoisotopic (exact) mass is 497 g/mol. The summed E-state index contributed by atoms with van der Waals surface area (Å²) in [4.78, 5) is 39.2. The number of benzene rings is 2. The molecule has 8 heteroatoms. The topological polar surface area (TPSA) is 108 Å². The Balaban J connectivity index is 2.10. The van der Waals surface area contributed by atoms with Gasteiger partial charge in [-0.05, 0) is 53.6 Å². The molecule has 2 aromatic rings. The van der Waals surface area contributed by atoms with Crippen LogP contribution in [0.5, 0.6) is 5.75 Å². The zero-order valence-corrected chi connectivity index (χ0v) is 21.8. The van der Waals surface area contributed by atoms with Crippen LogP contribution in [0.4, 0.5) is 0 Å². The SMILES string of the molecule is CCCCN(Cc1cccc(-c2cccc(OC)c2)c1)C(=O)CNC(=O)C(CC(=O)NO)CC(C)C. The van der Waals surface area contributed by atoms with Gasteiger partial charge in [0.2, 0.25) is 17.7 Å². The standard InChI is InChI=1S/C28H39N3O5/c1-5-6-13-31(27(33)18-29-28(34)24(14-20(2)3)17-26(32)30-35)19-21-9-7-10-22(15-21)23-11-8-12-25(16-23)36-4/h7-12,15-16,20,24,35H,5-6,13-14,17-19H2,1-4H3,(H,29,34)(H,30,32). The van der Waals surface area contributed by atoms with Gasteiger partial charge in [-0.3, -0.25) is 19.6 Å². The van der Waals surface area contributed by atoms with Gasteiger partial charge in [0.25, 0.3) is 0 Å². The summed E-state index contributed by atoms with van der Waals surface area (Å²) in [6, 6.07) is 15.9. The maximum absolute atomic E-state index is 13.1. The third kappa shape index (κ3) is 9.34. The number of hydrogen-bond donors (Lipinski definition) is 3. The van der Waals surface area contributed by atoms with E-state index in [0.29, 0.717) is 19.5 Å². The van der Waals surface area contributed by atoms with Crippen molar-refractivity contribution in [3.8, 4) is 16.9 Å². The Bertz CT molecular complexity index is 1010. The van der Waals surface area contributed by atoms with Crippen molar-refractivity contribution in [3.05, 3.63) is 54.1 Å². The van der Waals surface area contributed by atoms with Crippen LogP contribution in [0, 0.1) is 11.8 Å². The van der Waals surface area contributed by atoms with E-state index in [0.717, 1.165) is 35.3 Å². The van der Waals surface area contributed by atoms with Crippen molar-refractivity contribution in [2.45, 2.75) is 53.0 Å². The molecule has 0 spiro atoms. The van der Waals surface area contributed by atoms with Crippen LogP contribution < -0.4 is 15.5 Å². The van der Waals surface area contributed by atoms with E-state index in [1.165, 1.54) is 0 Å². The Morgan fingerprint density at radius 1 is 1.06 bits per heavy atom. The van der Waals surface area contributed by atoms with Gasteiger partial charge in [-0.1, -0.05) is 57.5 Å². The molecular formula is C28H39N3O5. The normalized spacial score (nSPS) is 11.6. The van der Waals surface area contributed by atoms with Crippen molar-refractivity contribution in [2.24, 2.45) is 11.8 Å². The molecule has 0 aliphatic carbocycles. The lowest BCUT2D eigenvalue weighted by Crippen LogP contribution is -2.43. The summed E-state index contributed by atoms with van der Waals surface area (Å²) in [5, 5.41) is 11.5. The van der Waals surface area contributed by atoms with Crippen LogP contribution >= 0.6 is 0 Å². The van der Waals surface area contributed by atoms with Crippen molar-refractivity contribution in [2.75, 3.05) is 20.2 Å². The summed E-state index contributed by atoms with van der Waals surface area (Å²) in [5.74, 6) is -0.827. The highest BCUT2D eigenvalue weighted by atomic mass is 16.5. The first-order valence-corrected chi connectivity index (χ1v) is 12.5. The number of ether oxygens (including phenoxy) is 1. The zero-order valence-electron chi connectivity index (χ0n) is 21.8. The second-order valence-corrected chi connectivity index (χ2v) is 9.38. The zero-order chi connectivity index (χ0) is 26.5. The Kier molecular flexibility index (Phi) is 11.9. The second kappa shape index (κ2) is 14.9. The number of nitrogens with zero attached hydrogens (tertiary/aromatic N) is 1. The molecule has 36 heavy (non-hydrogen) atoms. The third-order valence-corrected chi connectivity index (χ3v) is 5.93. The molecule has 0 heterocycles. The first kappa shape index (κ1) is 28.8. The van der Waals surface area contributed by atoms with Gasteiger partial charge in [0.15, 0.2) is 0 Å². The lowest BCUT2D eigenvalue weighted by Gasteiger charge is -2.24. The van der Waals surface area contributed by atoms with Crippen LogP contribution in [0.1, 0.15) is 52.0 Å². The highest BCUT2D eigenvalue weighted by Gasteiger charge is 2.24. The Morgan fingerprint density at radius 3 is 2.39 bits per heavy atom. The number of unbranched alkanes of at least 4 members (excludes halogenated alkanes) is 1.